The molecule has 2 aromatic rings. The van der Waals surface area contributed by atoms with Gasteiger partial charge < -0.3 is 24.3 Å². The maximum Gasteiger partial charge on any atom is 0.342 e. The Labute approximate surface area is 207 Å². The van der Waals surface area contributed by atoms with Gasteiger partial charge in [-0.3, -0.25) is 4.79 Å². The lowest BCUT2D eigenvalue weighted by Crippen LogP contribution is -2.33. The van der Waals surface area contributed by atoms with Gasteiger partial charge in [-0.25, -0.2) is 4.79 Å². The molecule has 0 aliphatic rings. The normalized spacial score (nSPS) is 12.6. The van der Waals surface area contributed by atoms with E-state index in [0.29, 0.717) is 66.0 Å². The second kappa shape index (κ2) is 13.0. The molecule has 8 heteroatoms. The van der Waals surface area contributed by atoms with E-state index >= 15 is 0 Å². The Bertz CT molecular complexity index is 962. The second-order valence-corrected chi connectivity index (χ2v) is 9.64. The number of ether oxygens (including phenoxy) is 2. The summed E-state index contributed by atoms with van der Waals surface area (Å²) >= 11 is 5.85. The molecule has 0 saturated carbocycles. The molecule has 190 valence electrons. The molecule has 0 fully saturated rings. The highest BCUT2D eigenvalue weighted by Crippen LogP contribution is 2.35. The smallest absolute Gasteiger partial charge is 0.342 e. The van der Waals surface area contributed by atoms with Gasteiger partial charge in [0, 0.05) is 30.1 Å². The summed E-state index contributed by atoms with van der Waals surface area (Å²) in [6.07, 6.45) is 4.29. The van der Waals surface area contributed by atoms with E-state index in [1.54, 1.807) is 27.9 Å². The second-order valence-electron chi connectivity index (χ2n) is 9.26. The van der Waals surface area contributed by atoms with Crippen LogP contribution in [0.5, 0.6) is 5.75 Å². The number of hydrogen-bond acceptors (Lipinski definition) is 6. The Morgan fingerprint density at radius 1 is 1.24 bits per heavy atom. The molecule has 0 aliphatic heterocycles. The average molecular weight is 496 g/mol. The van der Waals surface area contributed by atoms with E-state index in [1.165, 1.54) is 0 Å². The number of carbonyl (C=O) groups excluding carboxylic acids is 2. The lowest BCUT2D eigenvalue weighted by Gasteiger charge is -2.19. The highest BCUT2D eigenvalue weighted by Gasteiger charge is 2.24. The van der Waals surface area contributed by atoms with Gasteiger partial charge in [0.2, 0.25) is 5.91 Å². The number of benzene rings is 1. The fourth-order valence-corrected chi connectivity index (χ4v) is 4.05. The average Bonchev–Trinajstić information content (AvgIpc) is 3.13. The van der Waals surface area contributed by atoms with Crippen molar-refractivity contribution in [3.05, 3.63) is 29.0 Å². The zero-order valence-electron chi connectivity index (χ0n) is 21.0. The fraction of sp³-hybridized carbons (Fsp3) is 0.615. The summed E-state index contributed by atoms with van der Waals surface area (Å²) in [5.74, 6) is 1.00. The molecular formula is C26H38ClNO6. The highest BCUT2D eigenvalue weighted by atomic mass is 35.5. The number of halogens is 1. The van der Waals surface area contributed by atoms with Crippen molar-refractivity contribution in [2.24, 2.45) is 0 Å². The summed E-state index contributed by atoms with van der Waals surface area (Å²) in [4.78, 5) is 25.2. The molecule has 0 saturated heterocycles. The molecule has 2 N–H and O–H groups in total. The van der Waals surface area contributed by atoms with Crippen LogP contribution < -0.4 is 10.1 Å². The van der Waals surface area contributed by atoms with Crippen molar-refractivity contribution < 1.29 is 28.6 Å². The van der Waals surface area contributed by atoms with Crippen LogP contribution in [0.25, 0.3) is 11.0 Å². The van der Waals surface area contributed by atoms with Crippen LogP contribution in [0.4, 0.5) is 0 Å². The number of furan rings is 1. The number of esters is 1. The van der Waals surface area contributed by atoms with E-state index in [0.717, 1.165) is 18.4 Å². The molecule has 1 aromatic heterocycles. The van der Waals surface area contributed by atoms with Gasteiger partial charge in [-0.1, -0.05) is 0 Å². The molecule has 7 nitrogen and oxygen atoms in total. The number of hydrogen-bond donors (Lipinski definition) is 2. The minimum atomic E-state index is -0.694. The Morgan fingerprint density at radius 3 is 2.59 bits per heavy atom. The minimum Gasteiger partial charge on any atom is -0.493 e. The SMILES string of the molecule is CCOC(=O)c1c(CCCCl)oc2c(OC)cc(CCC(=O)NC(C)CCCC(C)(C)O)cc12. The molecule has 1 unspecified atom stereocenters. The van der Waals surface area contributed by atoms with Crippen LogP contribution >= 0.6 is 11.6 Å². The summed E-state index contributed by atoms with van der Waals surface area (Å²) in [7, 11) is 1.55. The van der Waals surface area contributed by atoms with Gasteiger partial charge in [-0.15, -0.1) is 11.6 Å². The number of alkyl halides is 1. The van der Waals surface area contributed by atoms with Crippen molar-refractivity contribution in [2.75, 3.05) is 19.6 Å². The monoisotopic (exact) mass is 495 g/mol. The van der Waals surface area contributed by atoms with Crippen LogP contribution in [0.2, 0.25) is 0 Å². The lowest BCUT2D eigenvalue weighted by molar-refractivity contribution is -0.121. The third kappa shape index (κ3) is 8.20. The molecule has 1 atom stereocenters. The number of rotatable bonds is 14. The van der Waals surface area contributed by atoms with Crippen LogP contribution in [-0.4, -0.2) is 48.2 Å². The summed E-state index contributed by atoms with van der Waals surface area (Å²) in [6, 6.07) is 3.74. The number of amides is 1. The van der Waals surface area contributed by atoms with Gasteiger partial charge in [0.1, 0.15) is 11.3 Å². The fourth-order valence-electron chi connectivity index (χ4n) is 3.92. The van der Waals surface area contributed by atoms with Crippen LogP contribution in [-0.2, 0) is 22.4 Å². The third-order valence-electron chi connectivity index (χ3n) is 5.60. The van der Waals surface area contributed by atoms with E-state index in [-0.39, 0.29) is 18.6 Å². The van der Waals surface area contributed by atoms with Crippen molar-refractivity contribution >= 4 is 34.4 Å². The van der Waals surface area contributed by atoms with Crippen LogP contribution in [0, 0.1) is 0 Å². The van der Waals surface area contributed by atoms with Gasteiger partial charge in [0.05, 0.1) is 19.3 Å². The first-order valence-electron chi connectivity index (χ1n) is 12.0. The van der Waals surface area contributed by atoms with Gasteiger partial charge >= 0.3 is 5.97 Å². The summed E-state index contributed by atoms with van der Waals surface area (Å²) in [5, 5.41) is 13.5. The zero-order chi connectivity index (χ0) is 25.3. The first-order chi connectivity index (χ1) is 16.1. The van der Waals surface area contributed by atoms with Gasteiger partial charge in [0.15, 0.2) is 11.3 Å². The number of fused-ring (bicyclic) bond motifs is 1. The molecule has 0 radical (unpaired) electrons. The zero-order valence-corrected chi connectivity index (χ0v) is 21.7. The maximum atomic E-state index is 12.7. The largest absolute Gasteiger partial charge is 0.493 e. The minimum absolute atomic E-state index is 0.0284. The quantitative estimate of drug-likeness (QED) is 0.277. The summed E-state index contributed by atoms with van der Waals surface area (Å²) in [6.45, 7) is 7.56. The Kier molecular flexibility index (Phi) is 10.7. The molecule has 0 aliphatic carbocycles. The topological polar surface area (TPSA) is 98.0 Å². The number of methoxy groups -OCH3 is 1. The van der Waals surface area contributed by atoms with E-state index < -0.39 is 11.6 Å². The van der Waals surface area contributed by atoms with Gasteiger partial charge in [-0.05, 0) is 77.5 Å². The van der Waals surface area contributed by atoms with Crippen molar-refractivity contribution in [1.82, 2.24) is 5.32 Å². The summed E-state index contributed by atoms with van der Waals surface area (Å²) < 4.78 is 16.8. The highest BCUT2D eigenvalue weighted by molar-refractivity contribution is 6.17. The molecular weight excluding hydrogens is 458 g/mol. The van der Waals surface area contributed by atoms with E-state index in [1.807, 2.05) is 19.1 Å². The molecule has 0 spiro atoms. The Hall–Kier alpha value is -2.25. The van der Waals surface area contributed by atoms with Crippen LogP contribution in [0.15, 0.2) is 16.5 Å². The van der Waals surface area contributed by atoms with Gasteiger partial charge in [-0.2, -0.15) is 0 Å². The number of carbonyl (C=O) groups is 2. The Balaban J connectivity index is 2.16. The third-order valence-corrected chi connectivity index (χ3v) is 5.87. The lowest BCUT2D eigenvalue weighted by atomic mass is 9.99. The number of aliphatic hydroxyl groups is 1. The van der Waals surface area contributed by atoms with Crippen molar-refractivity contribution in [3.8, 4) is 5.75 Å². The molecule has 1 amide bonds. The first kappa shape index (κ1) is 28.0. The number of nitrogens with one attached hydrogen (secondary N) is 1. The number of aryl methyl sites for hydroxylation is 2. The molecule has 34 heavy (non-hydrogen) atoms. The Morgan fingerprint density at radius 2 is 1.97 bits per heavy atom. The van der Waals surface area contributed by atoms with E-state index in [9.17, 15) is 14.7 Å². The first-order valence-corrected chi connectivity index (χ1v) is 12.5. The predicted octanol–water partition coefficient (Wildman–Crippen LogP) is 5.17. The van der Waals surface area contributed by atoms with Crippen molar-refractivity contribution in [3.63, 3.8) is 0 Å². The van der Waals surface area contributed by atoms with Crippen molar-refractivity contribution in [1.29, 1.82) is 0 Å². The van der Waals surface area contributed by atoms with Gasteiger partial charge in [0.25, 0.3) is 0 Å². The molecule has 1 aromatic carbocycles. The maximum absolute atomic E-state index is 12.7. The summed E-state index contributed by atoms with van der Waals surface area (Å²) in [5.41, 5.74) is 1.06. The molecule has 2 rings (SSSR count). The molecule has 0 bridgehead atoms. The van der Waals surface area contributed by atoms with Crippen LogP contribution in [0.1, 0.15) is 81.5 Å². The van der Waals surface area contributed by atoms with Crippen LogP contribution in [0.3, 0.4) is 0 Å². The molecule has 1 heterocycles. The van der Waals surface area contributed by atoms with E-state index in [2.05, 4.69) is 5.32 Å². The predicted molar refractivity (Wildman–Crippen MR) is 134 cm³/mol. The standard InChI is InChI=1S/C26H38ClNO6/c1-6-33-25(30)23-19-15-18(16-21(32-5)24(19)34-20(23)10-8-14-27)11-12-22(29)28-17(2)9-7-13-26(3,4)31/h15-17,31H,6-14H2,1-5H3,(H,28,29). The van der Waals surface area contributed by atoms with E-state index in [4.69, 9.17) is 25.5 Å². The van der Waals surface area contributed by atoms with Crippen molar-refractivity contribution in [2.45, 2.75) is 84.3 Å².